The van der Waals surface area contributed by atoms with Crippen molar-refractivity contribution >= 4 is 22.8 Å². The van der Waals surface area contributed by atoms with Gasteiger partial charge in [-0.1, -0.05) is 6.08 Å². The monoisotopic (exact) mass is 399 g/mol. The highest BCUT2D eigenvalue weighted by Crippen LogP contribution is 2.30. The van der Waals surface area contributed by atoms with Crippen LogP contribution in [0.3, 0.4) is 0 Å². The Bertz CT molecular complexity index is 1200. The van der Waals surface area contributed by atoms with E-state index in [4.69, 9.17) is 0 Å². The average molecular weight is 399 g/mol. The molecule has 4 aromatic heterocycles. The van der Waals surface area contributed by atoms with Crippen molar-refractivity contribution in [3.8, 4) is 22.4 Å². The second-order valence-corrected chi connectivity index (χ2v) is 7.00. The maximum Gasteiger partial charge on any atom is 0.249 e. The molecule has 0 unspecified atom stereocenters. The van der Waals surface area contributed by atoms with E-state index in [1.54, 1.807) is 24.7 Å². The van der Waals surface area contributed by atoms with Crippen molar-refractivity contribution in [3.63, 3.8) is 0 Å². The van der Waals surface area contributed by atoms with E-state index in [-0.39, 0.29) is 5.91 Å². The van der Waals surface area contributed by atoms with Gasteiger partial charge in [0.05, 0.1) is 5.69 Å². The Hall–Kier alpha value is -3.91. The number of aromatic nitrogens is 5. The number of aromatic amines is 1. The molecule has 0 atom stereocenters. The molecule has 0 bridgehead atoms. The van der Waals surface area contributed by atoms with E-state index >= 15 is 0 Å². The van der Waals surface area contributed by atoms with Crippen LogP contribution in [0.25, 0.3) is 33.4 Å². The molecule has 30 heavy (non-hydrogen) atoms. The molecule has 0 saturated carbocycles. The first-order chi connectivity index (χ1) is 14.6. The van der Waals surface area contributed by atoms with Crippen molar-refractivity contribution in [2.24, 2.45) is 0 Å². The van der Waals surface area contributed by atoms with Crippen molar-refractivity contribution in [2.45, 2.75) is 0 Å². The van der Waals surface area contributed by atoms with Crippen LogP contribution in [0.2, 0.25) is 0 Å². The van der Waals surface area contributed by atoms with Crippen LogP contribution in [0, 0.1) is 0 Å². The van der Waals surface area contributed by atoms with E-state index < -0.39 is 0 Å². The van der Waals surface area contributed by atoms with Crippen LogP contribution in [0.4, 0.5) is 5.82 Å². The van der Waals surface area contributed by atoms with E-state index in [1.807, 2.05) is 49.5 Å². The molecule has 8 heteroatoms. The minimum absolute atomic E-state index is 0.216. The van der Waals surface area contributed by atoms with Crippen LogP contribution in [0.5, 0.6) is 0 Å². The van der Waals surface area contributed by atoms with Gasteiger partial charge in [-0.15, -0.1) is 0 Å². The number of carbonyl (C=O) groups excluding carboxylic acids is 1. The largest absolute Gasteiger partial charge is 0.345 e. The lowest BCUT2D eigenvalue weighted by molar-refractivity contribution is -0.111. The summed E-state index contributed by atoms with van der Waals surface area (Å²) in [6.45, 7) is 0.692. The fourth-order valence-electron chi connectivity index (χ4n) is 3.04. The van der Waals surface area contributed by atoms with Gasteiger partial charge >= 0.3 is 0 Å². The van der Waals surface area contributed by atoms with Gasteiger partial charge in [0.15, 0.2) is 0 Å². The smallest absolute Gasteiger partial charge is 0.249 e. The van der Waals surface area contributed by atoms with Crippen LogP contribution in [-0.4, -0.2) is 56.4 Å². The van der Waals surface area contributed by atoms with Gasteiger partial charge < -0.3 is 15.2 Å². The molecule has 4 heterocycles. The number of amides is 1. The Labute approximate surface area is 173 Å². The number of fused-ring (bicyclic) bond motifs is 1. The van der Waals surface area contributed by atoms with Gasteiger partial charge in [-0.3, -0.25) is 4.79 Å². The number of H-pyrrole nitrogens is 1. The van der Waals surface area contributed by atoms with Crippen molar-refractivity contribution in [1.82, 2.24) is 29.8 Å². The Balaban J connectivity index is 1.61. The number of rotatable bonds is 6. The number of nitrogens with zero attached hydrogens (tertiary/aromatic N) is 5. The molecule has 2 N–H and O–H groups in total. The van der Waals surface area contributed by atoms with Crippen LogP contribution in [-0.2, 0) is 4.79 Å². The summed E-state index contributed by atoms with van der Waals surface area (Å²) in [5, 5.41) is 3.75. The number of carbonyl (C=O) groups is 1. The zero-order chi connectivity index (χ0) is 20.9. The number of anilines is 1. The van der Waals surface area contributed by atoms with Crippen LogP contribution < -0.4 is 5.32 Å². The molecular weight excluding hydrogens is 378 g/mol. The molecule has 0 saturated heterocycles. The first-order valence-electron chi connectivity index (χ1n) is 9.42. The molecule has 0 aliphatic carbocycles. The summed E-state index contributed by atoms with van der Waals surface area (Å²) in [5.74, 6) is 0.268. The fraction of sp³-hybridized carbons (Fsp3) is 0.136. The highest BCUT2D eigenvalue weighted by molar-refractivity contribution is 5.99. The fourth-order valence-corrected chi connectivity index (χ4v) is 3.04. The second-order valence-electron chi connectivity index (χ2n) is 7.00. The third-order valence-electron chi connectivity index (χ3n) is 4.47. The Kier molecular flexibility index (Phi) is 5.58. The zero-order valence-electron chi connectivity index (χ0n) is 16.7. The lowest BCUT2D eigenvalue weighted by atomic mass is 10.1. The van der Waals surface area contributed by atoms with E-state index in [9.17, 15) is 4.79 Å². The molecule has 0 aliphatic rings. The van der Waals surface area contributed by atoms with E-state index in [0.717, 1.165) is 33.4 Å². The Morgan fingerprint density at radius 2 is 2.03 bits per heavy atom. The normalized spacial score (nSPS) is 11.4. The molecule has 0 fully saturated rings. The van der Waals surface area contributed by atoms with Crippen LogP contribution in [0.15, 0.2) is 67.5 Å². The molecule has 150 valence electrons. The summed E-state index contributed by atoms with van der Waals surface area (Å²) in [7, 11) is 3.89. The summed E-state index contributed by atoms with van der Waals surface area (Å²) in [5.41, 5.74) is 4.37. The van der Waals surface area contributed by atoms with Crippen molar-refractivity contribution in [3.05, 3.63) is 67.5 Å². The predicted octanol–water partition coefficient (Wildman–Crippen LogP) is 3.14. The lowest BCUT2D eigenvalue weighted by Crippen LogP contribution is -2.13. The van der Waals surface area contributed by atoms with Crippen molar-refractivity contribution < 1.29 is 4.79 Å². The van der Waals surface area contributed by atoms with Crippen molar-refractivity contribution in [1.29, 1.82) is 0 Å². The zero-order valence-corrected chi connectivity index (χ0v) is 16.7. The van der Waals surface area contributed by atoms with Crippen molar-refractivity contribution in [2.75, 3.05) is 26.0 Å². The summed E-state index contributed by atoms with van der Waals surface area (Å²) >= 11 is 0. The number of hydrogen-bond donors (Lipinski definition) is 2. The van der Waals surface area contributed by atoms with Gasteiger partial charge in [-0.05, 0) is 43.9 Å². The van der Waals surface area contributed by atoms with Gasteiger partial charge in [0, 0.05) is 53.9 Å². The second kappa shape index (κ2) is 8.62. The standard InChI is InChI=1S/C22H21N7O/c1-29(2)9-3-4-21(30)28-20-11-15(5-8-24-20)16-10-17-18(13-26-22(17)25-12-16)19-6-7-23-14-27-19/h3-8,10-14H,9H2,1-2H3,(H,25,26)(H,24,28,30). The first kappa shape index (κ1) is 19.4. The quantitative estimate of drug-likeness (QED) is 0.483. The van der Waals surface area contributed by atoms with Crippen LogP contribution >= 0.6 is 0 Å². The van der Waals surface area contributed by atoms with Gasteiger partial charge in [0.25, 0.3) is 0 Å². The van der Waals surface area contributed by atoms with E-state index in [1.165, 1.54) is 12.4 Å². The Morgan fingerprint density at radius 3 is 2.83 bits per heavy atom. The lowest BCUT2D eigenvalue weighted by Gasteiger charge is -2.07. The molecule has 0 aliphatic heterocycles. The summed E-state index contributed by atoms with van der Waals surface area (Å²) < 4.78 is 0. The summed E-state index contributed by atoms with van der Waals surface area (Å²) in [6.07, 6.45) is 11.9. The van der Waals surface area contributed by atoms with Gasteiger partial charge in [0.2, 0.25) is 5.91 Å². The minimum Gasteiger partial charge on any atom is -0.345 e. The molecule has 4 aromatic rings. The molecular formula is C22H21N7O. The predicted molar refractivity (Wildman–Crippen MR) is 117 cm³/mol. The average Bonchev–Trinajstić information content (AvgIpc) is 3.17. The summed E-state index contributed by atoms with van der Waals surface area (Å²) in [4.78, 5) is 34.3. The number of likely N-dealkylation sites (N-methyl/N-ethyl adjacent to an activating group) is 1. The highest BCUT2D eigenvalue weighted by Gasteiger charge is 2.10. The molecule has 8 nitrogen and oxygen atoms in total. The minimum atomic E-state index is -0.216. The molecule has 4 rings (SSSR count). The van der Waals surface area contributed by atoms with Gasteiger partial charge in [-0.25, -0.2) is 19.9 Å². The third kappa shape index (κ3) is 4.39. The third-order valence-corrected chi connectivity index (χ3v) is 4.47. The van der Waals surface area contributed by atoms with Crippen LogP contribution in [0.1, 0.15) is 0 Å². The van der Waals surface area contributed by atoms with Gasteiger partial charge in [0.1, 0.15) is 17.8 Å². The number of pyridine rings is 2. The topological polar surface area (TPSA) is 99.7 Å². The summed E-state index contributed by atoms with van der Waals surface area (Å²) in [6, 6.07) is 7.63. The van der Waals surface area contributed by atoms with E-state index in [0.29, 0.717) is 12.4 Å². The molecule has 0 radical (unpaired) electrons. The highest BCUT2D eigenvalue weighted by atomic mass is 16.1. The number of nitrogens with one attached hydrogen (secondary N) is 2. The van der Waals surface area contributed by atoms with E-state index in [2.05, 4.69) is 30.2 Å². The number of hydrogen-bond acceptors (Lipinski definition) is 6. The molecule has 0 spiro atoms. The SMILES string of the molecule is CN(C)CC=CC(=O)Nc1cc(-c2cnc3[nH]cc(-c4ccncn4)c3c2)ccn1. The maximum atomic E-state index is 12.1. The maximum absolute atomic E-state index is 12.1. The molecule has 0 aromatic carbocycles. The first-order valence-corrected chi connectivity index (χ1v) is 9.42. The van der Waals surface area contributed by atoms with Gasteiger partial charge in [-0.2, -0.15) is 0 Å². The molecule has 1 amide bonds. The Morgan fingerprint density at radius 1 is 1.13 bits per heavy atom.